The normalized spacial score (nSPS) is 43.6. The summed E-state index contributed by atoms with van der Waals surface area (Å²) in [7, 11) is -5.13. The quantitative estimate of drug-likeness (QED) is 0.0680. The van der Waals surface area contributed by atoms with Crippen molar-refractivity contribution >= 4 is 28.1 Å². The highest BCUT2D eigenvalue weighted by atomic mass is 32.3. The van der Waals surface area contributed by atoms with E-state index in [1.165, 1.54) is 0 Å². The minimum atomic E-state index is -5.13. The lowest BCUT2D eigenvalue weighted by molar-refractivity contribution is -0.361. The lowest BCUT2D eigenvalue weighted by atomic mass is 9.93. The standard InChI is InChI=1S/C30H52N4O23S/c1-8(38)32-16-21(43)26(14(51-27(16)46)7-50-58(47,48)49)57-30-18(34-10(3)40)23(45)25(13(6-37)54-30)56-29-17(33-9(2)39)22(44)24(12(5-36)53-29)55-28-15(31)20(42)19(41)11(4-35)52-28/h11-30,35-37,41-46H,4-7,31H2,1-3H3,(H,32,38)(H,33,39)(H,34,40)(H,47,48,49)/t11?,12-,13?,14-,15?,16?,17?,18?,19+,20+,21?,22?,23+,24+,25+,26+,27?,28-,29-,30-/m0/s1. The van der Waals surface area contributed by atoms with Crippen LogP contribution >= 0.6 is 0 Å². The van der Waals surface area contributed by atoms with E-state index in [0.717, 1.165) is 20.8 Å². The third-order valence-electron chi connectivity index (χ3n) is 9.69. The summed E-state index contributed by atoms with van der Waals surface area (Å²) in [5, 5.41) is 103. The number of ether oxygens (including phenoxy) is 7. The molecule has 0 bridgehead atoms. The molecule has 4 heterocycles. The van der Waals surface area contributed by atoms with E-state index >= 15 is 0 Å². The van der Waals surface area contributed by atoms with E-state index in [0.29, 0.717) is 0 Å². The molecule has 28 heteroatoms. The van der Waals surface area contributed by atoms with E-state index in [-0.39, 0.29) is 0 Å². The first kappa shape index (κ1) is 48.3. The summed E-state index contributed by atoms with van der Waals surface area (Å²) in [4.78, 5) is 36.6. The topological polar surface area (TPSA) is 424 Å². The SMILES string of the molecule is CC(=O)NC1C(O)O[C@@H](COS(=O)(=O)O)[C@@H](O[C@@H]2OC(CO)[C@@H](O[C@@H]3O[C@@H](CO)[C@@H](O[C@@H]4OC(CO)[C@@H](O)[C@H](O)C4N)C(O)C3NC(C)=O)[C@H](O)C2NC(C)=O)C1O. The van der Waals surface area contributed by atoms with E-state index in [1.54, 1.807) is 0 Å². The van der Waals surface area contributed by atoms with Gasteiger partial charge in [0, 0.05) is 20.8 Å². The fourth-order valence-corrected chi connectivity index (χ4v) is 7.26. The molecule has 0 aromatic carbocycles. The number of carbonyl (C=O) groups is 3. The average Bonchev–Trinajstić information content (AvgIpc) is 3.14. The molecule has 0 aromatic rings. The molecule has 3 amide bonds. The molecule has 4 fully saturated rings. The van der Waals surface area contributed by atoms with Crippen molar-refractivity contribution in [1.82, 2.24) is 16.0 Å². The molecule has 4 saturated heterocycles. The highest BCUT2D eigenvalue weighted by Gasteiger charge is 2.56. The maximum Gasteiger partial charge on any atom is 0.397 e. The monoisotopic (exact) mass is 868 g/mol. The van der Waals surface area contributed by atoms with Crippen LogP contribution in [0.15, 0.2) is 0 Å². The van der Waals surface area contributed by atoms with Crippen molar-refractivity contribution in [3.05, 3.63) is 0 Å². The second kappa shape index (κ2) is 20.4. The van der Waals surface area contributed by atoms with Gasteiger partial charge in [0.25, 0.3) is 0 Å². The Morgan fingerprint density at radius 2 is 0.948 bits per heavy atom. The fourth-order valence-electron chi connectivity index (χ4n) is 6.95. The maximum atomic E-state index is 12.4. The molecule has 4 rings (SSSR count). The average molecular weight is 869 g/mol. The first-order valence-electron chi connectivity index (χ1n) is 17.8. The summed E-state index contributed by atoms with van der Waals surface area (Å²) in [6.45, 7) is -0.659. The first-order chi connectivity index (χ1) is 27.1. The number of amides is 3. The van der Waals surface area contributed by atoms with E-state index < -0.39 is 177 Å². The van der Waals surface area contributed by atoms with Crippen molar-refractivity contribution in [1.29, 1.82) is 0 Å². The van der Waals surface area contributed by atoms with Gasteiger partial charge in [0.05, 0.1) is 32.5 Å². The predicted octanol–water partition coefficient (Wildman–Crippen LogP) is -9.52. The summed E-state index contributed by atoms with van der Waals surface area (Å²) >= 11 is 0. The van der Waals surface area contributed by atoms with Gasteiger partial charge in [-0.25, -0.2) is 4.18 Å². The molecule has 0 spiro atoms. The fraction of sp³-hybridized carbons (Fsp3) is 0.900. The molecule has 27 nitrogen and oxygen atoms in total. The molecular formula is C30H52N4O23S. The van der Waals surface area contributed by atoms with Crippen molar-refractivity contribution in [2.24, 2.45) is 5.73 Å². The zero-order valence-electron chi connectivity index (χ0n) is 31.1. The Morgan fingerprint density at radius 3 is 1.36 bits per heavy atom. The van der Waals surface area contributed by atoms with E-state index in [2.05, 4.69) is 20.1 Å². The number of nitrogens with two attached hydrogens (primary N) is 1. The summed E-state index contributed by atoms with van der Waals surface area (Å²) in [6, 6.07) is -6.41. The van der Waals surface area contributed by atoms with Crippen LogP contribution in [-0.2, 0) is 62.1 Å². The van der Waals surface area contributed by atoms with Gasteiger partial charge in [0.15, 0.2) is 25.2 Å². The van der Waals surface area contributed by atoms with Crippen LogP contribution in [0.25, 0.3) is 0 Å². The molecule has 0 aliphatic carbocycles. The van der Waals surface area contributed by atoms with Gasteiger partial charge < -0.3 is 101 Å². The lowest BCUT2D eigenvalue weighted by Crippen LogP contribution is -2.71. The number of carbonyl (C=O) groups excluding carboxylic acids is 3. The minimum Gasteiger partial charge on any atom is -0.394 e. The lowest BCUT2D eigenvalue weighted by Gasteiger charge is -2.50. The van der Waals surface area contributed by atoms with E-state index in [4.69, 9.17) is 43.4 Å². The largest absolute Gasteiger partial charge is 0.397 e. The number of nitrogens with one attached hydrogen (secondary N) is 3. The van der Waals surface area contributed by atoms with Crippen LogP contribution in [0, 0.1) is 0 Å². The van der Waals surface area contributed by atoms with E-state index in [1.807, 2.05) is 0 Å². The molecular weight excluding hydrogens is 816 g/mol. The van der Waals surface area contributed by atoms with Crippen LogP contribution in [0.3, 0.4) is 0 Å². The van der Waals surface area contributed by atoms with Crippen LogP contribution in [0.5, 0.6) is 0 Å². The number of aliphatic hydroxyl groups is 9. The molecule has 4 aliphatic rings. The third-order valence-corrected chi connectivity index (χ3v) is 10.1. The molecule has 15 N–H and O–H groups in total. The third kappa shape index (κ3) is 11.5. The molecule has 0 saturated carbocycles. The molecule has 0 aromatic heterocycles. The number of aliphatic hydroxyl groups excluding tert-OH is 9. The maximum absolute atomic E-state index is 12.4. The summed E-state index contributed by atoms with van der Waals surface area (Å²) in [5.41, 5.74) is 5.97. The highest BCUT2D eigenvalue weighted by Crippen LogP contribution is 2.34. The van der Waals surface area contributed by atoms with E-state index in [9.17, 15) is 68.8 Å². The Kier molecular flexibility index (Phi) is 17.0. The zero-order valence-corrected chi connectivity index (χ0v) is 32.0. The summed E-state index contributed by atoms with van der Waals surface area (Å²) in [5.74, 6) is -2.34. The van der Waals surface area contributed by atoms with Gasteiger partial charge >= 0.3 is 10.4 Å². The molecule has 20 atom stereocenters. The first-order valence-corrected chi connectivity index (χ1v) is 19.2. The van der Waals surface area contributed by atoms with Gasteiger partial charge in [-0.1, -0.05) is 0 Å². The van der Waals surface area contributed by atoms with Gasteiger partial charge in [-0.2, -0.15) is 8.42 Å². The zero-order chi connectivity index (χ0) is 43.4. The van der Waals surface area contributed by atoms with Crippen molar-refractivity contribution in [2.75, 3.05) is 26.4 Å². The number of hydrogen-bond acceptors (Lipinski definition) is 23. The number of hydrogen-bond donors (Lipinski definition) is 14. The van der Waals surface area contributed by atoms with Gasteiger partial charge in [0.1, 0.15) is 91.4 Å². The Hall–Kier alpha value is -2.40. The highest BCUT2D eigenvalue weighted by molar-refractivity contribution is 7.80. The van der Waals surface area contributed by atoms with Gasteiger partial charge in [-0.3, -0.25) is 18.9 Å². The van der Waals surface area contributed by atoms with Crippen molar-refractivity contribution in [3.8, 4) is 0 Å². The van der Waals surface area contributed by atoms with Crippen molar-refractivity contribution in [3.63, 3.8) is 0 Å². The van der Waals surface area contributed by atoms with Gasteiger partial charge in [0.2, 0.25) is 17.7 Å². The molecule has 9 unspecified atom stereocenters. The second-order valence-corrected chi connectivity index (χ2v) is 15.1. The van der Waals surface area contributed by atoms with Crippen molar-refractivity contribution in [2.45, 2.75) is 143 Å². The summed E-state index contributed by atoms with van der Waals surface area (Å²) in [6.07, 6.45) is -28.0. The second-order valence-electron chi connectivity index (χ2n) is 14.0. The molecule has 0 radical (unpaired) electrons. The van der Waals surface area contributed by atoms with Crippen molar-refractivity contribution < 1.29 is 111 Å². The molecule has 336 valence electrons. The van der Waals surface area contributed by atoms with Gasteiger partial charge in [-0.05, 0) is 0 Å². The summed E-state index contributed by atoms with van der Waals surface area (Å²) < 4.78 is 76.4. The smallest absolute Gasteiger partial charge is 0.394 e. The molecule has 4 aliphatic heterocycles. The number of rotatable bonds is 15. The van der Waals surface area contributed by atoms with Crippen LogP contribution in [0.2, 0.25) is 0 Å². The Labute approximate surface area is 330 Å². The van der Waals surface area contributed by atoms with Gasteiger partial charge in [-0.15, -0.1) is 0 Å². The van der Waals surface area contributed by atoms with Crippen LogP contribution < -0.4 is 21.7 Å². The predicted molar refractivity (Wildman–Crippen MR) is 181 cm³/mol. The van der Waals surface area contributed by atoms with Crippen LogP contribution in [0.4, 0.5) is 0 Å². The van der Waals surface area contributed by atoms with Crippen LogP contribution in [0.1, 0.15) is 20.8 Å². The Bertz CT molecular complexity index is 1500. The minimum absolute atomic E-state index is 0.757. The Balaban J connectivity index is 1.62. The van der Waals surface area contributed by atoms with Crippen LogP contribution in [-0.4, -0.2) is 226 Å². The molecule has 58 heavy (non-hydrogen) atoms. The Morgan fingerprint density at radius 1 is 0.569 bits per heavy atom.